The zero-order valence-electron chi connectivity index (χ0n) is 8.16. The predicted molar refractivity (Wildman–Crippen MR) is 64.4 cm³/mol. The van der Waals surface area contributed by atoms with Crippen LogP contribution in [0, 0.1) is 0 Å². The van der Waals surface area contributed by atoms with Gasteiger partial charge in [0.1, 0.15) is 0 Å². The van der Waals surface area contributed by atoms with Gasteiger partial charge in [0.2, 0.25) is 0 Å². The van der Waals surface area contributed by atoms with E-state index in [0.717, 1.165) is 25.4 Å². The van der Waals surface area contributed by atoms with Crippen LogP contribution in [0.4, 0.5) is 0 Å². The lowest BCUT2D eigenvalue weighted by atomic mass is 10.2. The Morgan fingerprint density at radius 3 is 3.08 bits per heavy atom. The van der Waals surface area contributed by atoms with Gasteiger partial charge in [-0.3, -0.25) is 4.90 Å². The van der Waals surface area contributed by atoms with Crippen LogP contribution in [0.2, 0.25) is 0 Å². The summed E-state index contributed by atoms with van der Waals surface area (Å²) in [6, 6.07) is 0.727. The Kier molecular flexibility index (Phi) is 5.06. The molecule has 1 fully saturated rings. The summed E-state index contributed by atoms with van der Waals surface area (Å²) in [5.74, 6) is 2.55. The van der Waals surface area contributed by atoms with Crippen LogP contribution in [0.5, 0.6) is 0 Å². The number of thioether (sulfide) groups is 1. The fourth-order valence-electron chi connectivity index (χ4n) is 1.55. The smallest absolute Gasteiger partial charge is 0.0727 e. The van der Waals surface area contributed by atoms with Crippen LogP contribution in [0.25, 0.3) is 0 Å². The van der Waals surface area contributed by atoms with Crippen LogP contribution in [0.3, 0.4) is 0 Å². The minimum absolute atomic E-state index is 0.652. The van der Waals surface area contributed by atoms with Gasteiger partial charge in [0.05, 0.1) is 4.99 Å². The highest BCUT2D eigenvalue weighted by molar-refractivity contribution is 7.99. The number of rotatable bonds is 4. The zero-order valence-corrected chi connectivity index (χ0v) is 9.79. The van der Waals surface area contributed by atoms with Crippen molar-refractivity contribution < 1.29 is 0 Å². The number of nitrogens with zero attached hydrogens (tertiary/aromatic N) is 1. The highest BCUT2D eigenvalue weighted by atomic mass is 32.2. The highest BCUT2D eigenvalue weighted by Crippen LogP contribution is 2.16. The van der Waals surface area contributed by atoms with Crippen LogP contribution < -0.4 is 5.73 Å². The first kappa shape index (κ1) is 11.3. The minimum atomic E-state index is 0.652. The molecular weight excluding hydrogens is 200 g/mol. The zero-order chi connectivity index (χ0) is 9.68. The molecule has 0 radical (unpaired) electrons. The lowest BCUT2D eigenvalue weighted by molar-refractivity contribution is 0.231. The standard InChI is InChI=1S/C9H18N2S2/c1-8-7-13-6-5-11(8)4-2-3-9(10)12/h8H,2-7H2,1H3,(H2,10,12). The molecule has 4 heteroatoms. The molecule has 2 nitrogen and oxygen atoms in total. The summed E-state index contributed by atoms with van der Waals surface area (Å²) in [6.45, 7) is 4.68. The fraction of sp³-hybridized carbons (Fsp3) is 0.889. The quantitative estimate of drug-likeness (QED) is 0.724. The van der Waals surface area contributed by atoms with Crippen LogP contribution in [-0.4, -0.2) is 40.5 Å². The summed E-state index contributed by atoms with van der Waals surface area (Å²) < 4.78 is 0. The molecule has 1 aliphatic heterocycles. The monoisotopic (exact) mass is 218 g/mol. The Bertz CT molecular complexity index is 173. The number of nitrogens with two attached hydrogens (primary N) is 1. The van der Waals surface area contributed by atoms with Gasteiger partial charge in [-0.05, 0) is 26.3 Å². The Hall–Kier alpha value is 0.200. The third-order valence-electron chi connectivity index (χ3n) is 2.37. The van der Waals surface area contributed by atoms with E-state index in [1.165, 1.54) is 18.1 Å². The van der Waals surface area contributed by atoms with E-state index in [1.807, 2.05) is 0 Å². The number of hydrogen-bond donors (Lipinski definition) is 1. The third kappa shape index (κ3) is 4.29. The minimum Gasteiger partial charge on any atom is -0.393 e. The summed E-state index contributed by atoms with van der Waals surface area (Å²) in [7, 11) is 0. The molecule has 1 aliphatic rings. The SMILES string of the molecule is CC1CSCCN1CCCC(N)=S. The van der Waals surface area contributed by atoms with Gasteiger partial charge in [0.15, 0.2) is 0 Å². The van der Waals surface area contributed by atoms with E-state index in [-0.39, 0.29) is 0 Å². The normalized spacial score (nSPS) is 24.5. The molecule has 76 valence electrons. The first-order chi connectivity index (χ1) is 6.20. The van der Waals surface area contributed by atoms with Crippen molar-refractivity contribution in [3.8, 4) is 0 Å². The molecule has 1 atom stereocenters. The van der Waals surface area contributed by atoms with E-state index in [2.05, 4.69) is 23.6 Å². The summed E-state index contributed by atoms with van der Waals surface area (Å²) >= 11 is 6.90. The van der Waals surface area contributed by atoms with Crippen molar-refractivity contribution in [2.75, 3.05) is 24.6 Å². The van der Waals surface area contributed by atoms with Crippen LogP contribution in [0.15, 0.2) is 0 Å². The van der Waals surface area contributed by atoms with E-state index in [4.69, 9.17) is 18.0 Å². The van der Waals surface area contributed by atoms with E-state index < -0.39 is 0 Å². The van der Waals surface area contributed by atoms with Gasteiger partial charge < -0.3 is 5.73 Å². The Morgan fingerprint density at radius 2 is 2.46 bits per heavy atom. The molecule has 13 heavy (non-hydrogen) atoms. The maximum absolute atomic E-state index is 5.45. The van der Waals surface area contributed by atoms with Crippen LogP contribution in [-0.2, 0) is 0 Å². The van der Waals surface area contributed by atoms with Crippen molar-refractivity contribution in [3.63, 3.8) is 0 Å². The second kappa shape index (κ2) is 5.83. The Balaban J connectivity index is 2.15. The van der Waals surface area contributed by atoms with Gasteiger partial charge >= 0.3 is 0 Å². The van der Waals surface area contributed by atoms with Crippen molar-refractivity contribution in [2.24, 2.45) is 5.73 Å². The van der Waals surface area contributed by atoms with E-state index in [0.29, 0.717) is 4.99 Å². The van der Waals surface area contributed by atoms with E-state index in [9.17, 15) is 0 Å². The lowest BCUT2D eigenvalue weighted by Crippen LogP contribution is -2.41. The van der Waals surface area contributed by atoms with Crippen molar-refractivity contribution in [1.29, 1.82) is 0 Å². The van der Waals surface area contributed by atoms with Crippen molar-refractivity contribution >= 4 is 29.0 Å². The van der Waals surface area contributed by atoms with Gasteiger partial charge in [-0.1, -0.05) is 12.2 Å². The molecule has 0 aromatic rings. The molecular formula is C9H18N2S2. The largest absolute Gasteiger partial charge is 0.393 e. The number of thiocarbonyl (C=S) groups is 1. The maximum Gasteiger partial charge on any atom is 0.0727 e. The molecule has 0 amide bonds. The Labute approximate surface area is 90.2 Å². The summed E-state index contributed by atoms with van der Waals surface area (Å²) in [5, 5.41) is 0. The summed E-state index contributed by atoms with van der Waals surface area (Å²) in [5.41, 5.74) is 5.45. The maximum atomic E-state index is 5.45. The average molecular weight is 218 g/mol. The fourth-order valence-corrected chi connectivity index (χ4v) is 2.78. The van der Waals surface area contributed by atoms with Crippen molar-refractivity contribution in [3.05, 3.63) is 0 Å². The van der Waals surface area contributed by atoms with Gasteiger partial charge in [-0.15, -0.1) is 0 Å². The lowest BCUT2D eigenvalue weighted by Gasteiger charge is -2.32. The molecule has 0 saturated carbocycles. The Morgan fingerprint density at radius 1 is 1.69 bits per heavy atom. The second-order valence-electron chi connectivity index (χ2n) is 3.53. The summed E-state index contributed by atoms with van der Waals surface area (Å²) in [6.07, 6.45) is 2.01. The molecule has 0 aromatic heterocycles. The molecule has 1 unspecified atom stereocenters. The first-order valence-corrected chi connectivity index (χ1v) is 6.36. The molecule has 0 aromatic carbocycles. The molecule has 0 bridgehead atoms. The van der Waals surface area contributed by atoms with Gasteiger partial charge in [-0.25, -0.2) is 0 Å². The highest BCUT2D eigenvalue weighted by Gasteiger charge is 2.17. The molecule has 1 heterocycles. The van der Waals surface area contributed by atoms with Gasteiger partial charge in [0, 0.05) is 24.1 Å². The molecule has 0 spiro atoms. The predicted octanol–water partition coefficient (Wildman–Crippen LogP) is 1.49. The van der Waals surface area contributed by atoms with Crippen molar-refractivity contribution in [1.82, 2.24) is 4.90 Å². The topological polar surface area (TPSA) is 29.3 Å². The average Bonchev–Trinajstić information content (AvgIpc) is 2.08. The molecule has 2 N–H and O–H groups in total. The molecule has 1 saturated heterocycles. The first-order valence-electron chi connectivity index (χ1n) is 4.80. The van der Waals surface area contributed by atoms with Crippen molar-refractivity contribution in [2.45, 2.75) is 25.8 Å². The van der Waals surface area contributed by atoms with E-state index >= 15 is 0 Å². The van der Waals surface area contributed by atoms with Crippen LogP contribution in [0.1, 0.15) is 19.8 Å². The van der Waals surface area contributed by atoms with Crippen LogP contribution >= 0.6 is 24.0 Å². The summed E-state index contributed by atoms with van der Waals surface area (Å²) in [4.78, 5) is 3.19. The molecule has 1 rings (SSSR count). The van der Waals surface area contributed by atoms with Gasteiger partial charge in [0.25, 0.3) is 0 Å². The number of hydrogen-bond acceptors (Lipinski definition) is 3. The van der Waals surface area contributed by atoms with Gasteiger partial charge in [-0.2, -0.15) is 11.8 Å². The van der Waals surface area contributed by atoms with E-state index in [1.54, 1.807) is 0 Å². The second-order valence-corrected chi connectivity index (χ2v) is 5.20. The molecule has 0 aliphatic carbocycles. The third-order valence-corrected chi connectivity index (χ3v) is 3.77.